The molecule has 266 valence electrons. The SMILES string of the molecule is CC(=O)C(=C(C)N)c1ccc(C)c(N(CCCCNc2cc3c(cc2F)C(=O)N(C(C)CCC(=O)NC=O)C3)c2ccc(C3(C#N)CC3)cc2)c1. The van der Waals surface area contributed by atoms with E-state index in [1.165, 1.54) is 13.0 Å². The van der Waals surface area contributed by atoms with E-state index in [1.807, 2.05) is 56.3 Å². The predicted molar refractivity (Wildman–Crippen MR) is 196 cm³/mol. The number of anilines is 3. The molecule has 0 spiro atoms. The minimum absolute atomic E-state index is 0.0979. The lowest BCUT2D eigenvalue weighted by Crippen LogP contribution is -2.34. The Labute approximate surface area is 298 Å². The minimum atomic E-state index is -0.508. The van der Waals surface area contributed by atoms with Gasteiger partial charge in [-0.1, -0.05) is 24.3 Å². The molecular formula is C40H45FN6O4. The van der Waals surface area contributed by atoms with Crippen LogP contribution >= 0.6 is 0 Å². The molecule has 1 saturated carbocycles. The van der Waals surface area contributed by atoms with E-state index < -0.39 is 17.1 Å². The number of ketones is 1. The first-order chi connectivity index (χ1) is 24.4. The number of allylic oxidation sites excluding steroid dienone is 2. The highest BCUT2D eigenvalue weighted by atomic mass is 19.1. The van der Waals surface area contributed by atoms with Gasteiger partial charge in [-0.05, 0) is 112 Å². The Hall–Kier alpha value is -5.50. The molecule has 51 heavy (non-hydrogen) atoms. The summed E-state index contributed by atoms with van der Waals surface area (Å²) >= 11 is 0. The molecule has 11 heteroatoms. The molecular weight excluding hydrogens is 647 g/mol. The van der Waals surface area contributed by atoms with Crippen LogP contribution in [0.4, 0.5) is 21.5 Å². The van der Waals surface area contributed by atoms with Crippen LogP contribution in [0.3, 0.4) is 0 Å². The number of hydrogen-bond donors (Lipinski definition) is 3. The van der Waals surface area contributed by atoms with Crippen molar-refractivity contribution in [2.75, 3.05) is 23.3 Å². The van der Waals surface area contributed by atoms with Crippen molar-refractivity contribution in [2.24, 2.45) is 5.73 Å². The Kier molecular flexibility index (Phi) is 11.2. The number of carbonyl (C=O) groups excluding carboxylic acids is 4. The van der Waals surface area contributed by atoms with Gasteiger partial charge in [0.2, 0.25) is 12.3 Å². The number of imide groups is 1. The molecule has 3 aromatic carbocycles. The number of halogens is 1. The number of nitrogens with zero attached hydrogens (tertiary/aromatic N) is 3. The van der Waals surface area contributed by atoms with Crippen LogP contribution in [0.1, 0.15) is 91.9 Å². The Morgan fingerprint density at radius 2 is 1.84 bits per heavy atom. The van der Waals surface area contributed by atoms with E-state index in [4.69, 9.17) is 5.73 Å². The second kappa shape index (κ2) is 15.6. The van der Waals surface area contributed by atoms with E-state index in [1.54, 1.807) is 17.9 Å². The predicted octanol–water partition coefficient (Wildman–Crippen LogP) is 6.40. The Morgan fingerprint density at radius 1 is 1.12 bits per heavy atom. The van der Waals surface area contributed by atoms with Crippen LogP contribution in [-0.2, 0) is 26.3 Å². The third kappa shape index (κ3) is 8.12. The van der Waals surface area contributed by atoms with Gasteiger partial charge in [0.05, 0.1) is 17.2 Å². The van der Waals surface area contributed by atoms with Crippen molar-refractivity contribution < 1.29 is 23.6 Å². The van der Waals surface area contributed by atoms with E-state index in [2.05, 4.69) is 21.6 Å². The molecule has 3 aromatic rings. The van der Waals surface area contributed by atoms with Crippen LogP contribution in [0.5, 0.6) is 0 Å². The molecule has 1 aliphatic heterocycles. The fraction of sp³-hybridized carbons (Fsp3) is 0.375. The van der Waals surface area contributed by atoms with Crippen molar-refractivity contribution in [2.45, 2.75) is 84.2 Å². The Balaban J connectivity index is 1.28. The number of Topliss-reactive ketones (excluding diaryl/α,β-unsaturated/α-hetero) is 1. The molecule has 5 rings (SSSR count). The van der Waals surface area contributed by atoms with Crippen molar-refractivity contribution in [3.63, 3.8) is 0 Å². The monoisotopic (exact) mass is 692 g/mol. The number of unbranched alkanes of at least 4 members (excludes halogenated alkanes) is 1. The van der Waals surface area contributed by atoms with Crippen molar-refractivity contribution in [1.29, 1.82) is 5.26 Å². The molecule has 10 nitrogen and oxygen atoms in total. The summed E-state index contributed by atoms with van der Waals surface area (Å²) in [6.45, 7) is 8.53. The number of hydrogen-bond acceptors (Lipinski definition) is 8. The molecule has 1 fully saturated rings. The van der Waals surface area contributed by atoms with Gasteiger partial charge in [0.1, 0.15) is 5.82 Å². The number of aryl methyl sites for hydroxylation is 1. The first kappa shape index (κ1) is 36.8. The van der Waals surface area contributed by atoms with Crippen molar-refractivity contribution >= 4 is 46.6 Å². The summed E-state index contributed by atoms with van der Waals surface area (Å²) in [7, 11) is 0. The first-order valence-electron chi connectivity index (χ1n) is 17.4. The molecule has 1 aliphatic carbocycles. The normalized spacial score (nSPS) is 15.3. The molecule has 1 atom stereocenters. The van der Waals surface area contributed by atoms with Gasteiger partial charge in [-0.25, -0.2) is 4.39 Å². The standard InChI is InChI=1S/C40H45FN6O4/c1-25-7-9-29(38(27(3)43)28(4)49)20-36(25)46(32-12-10-31(11-13-32)40(23-42)15-16-40)18-6-5-17-44-35-19-30-22-47(39(51)33(30)21-34(35)41)26(2)8-14-37(50)45-24-48/h7,9-13,19-21,24,26,44H,5-6,8,14-18,22,43H2,1-4H3,(H,45,48,50). The van der Waals surface area contributed by atoms with Gasteiger partial charge in [-0.3, -0.25) is 24.5 Å². The van der Waals surface area contributed by atoms with E-state index in [0.29, 0.717) is 67.0 Å². The second-order valence-corrected chi connectivity index (χ2v) is 13.6. The molecule has 1 heterocycles. The molecule has 3 amide bonds. The number of nitrogens with one attached hydrogen (secondary N) is 2. The maximum atomic E-state index is 15.2. The fourth-order valence-corrected chi connectivity index (χ4v) is 6.80. The van der Waals surface area contributed by atoms with Gasteiger partial charge in [0, 0.05) is 60.3 Å². The van der Waals surface area contributed by atoms with Crippen molar-refractivity contribution in [3.05, 3.63) is 93.9 Å². The topological polar surface area (TPSA) is 149 Å². The fourth-order valence-electron chi connectivity index (χ4n) is 6.80. The van der Waals surface area contributed by atoms with Gasteiger partial charge < -0.3 is 20.9 Å². The van der Waals surface area contributed by atoms with E-state index >= 15 is 4.39 Å². The summed E-state index contributed by atoms with van der Waals surface area (Å²) in [5, 5.41) is 15.0. The van der Waals surface area contributed by atoms with E-state index in [9.17, 15) is 24.4 Å². The Bertz CT molecular complexity index is 1910. The highest BCUT2D eigenvalue weighted by Crippen LogP contribution is 2.48. The average molecular weight is 693 g/mol. The Morgan fingerprint density at radius 3 is 2.47 bits per heavy atom. The summed E-state index contributed by atoms with van der Waals surface area (Å²) in [6.07, 6.45) is 4.00. The maximum absolute atomic E-state index is 15.2. The largest absolute Gasteiger partial charge is 0.402 e. The van der Waals surface area contributed by atoms with Gasteiger partial charge in [0.15, 0.2) is 5.78 Å². The number of nitrogens with two attached hydrogens (primary N) is 1. The van der Waals surface area contributed by atoms with Gasteiger partial charge >= 0.3 is 0 Å². The van der Waals surface area contributed by atoms with Crippen molar-refractivity contribution in [3.8, 4) is 6.07 Å². The summed E-state index contributed by atoms with van der Waals surface area (Å²) in [5.74, 6) is -1.31. The highest BCUT2D eigenvalue weighted by molar-refractivity contribution is 6.20. The lowest BCUT2D eigenvalue weighted by molar-refractivity contribution is -0.125. The number of carbonyl (C=O) groups is 4. The van der Waals surface area contributed by atoms with Gasteiger partial charge in [-0.15, -0.1) is 0 Å². The lowest BCUT2D eigenvalue weighted by atomic mass is 9.96. The van der Waals surface area contributed by atoms with E-state index in [0.717, 1.165) is 47.3 Å². The molecule has 2 aliphatic rings. The molecule has 1 unspecified atom stereocenters. The van der Waals surface area contributed by atoms with E-state index in [-0.39, 0.29) is 24.2 Å². The lowest BCUT2D eigenvalue weighted by Gasteiger charge is -2.28. The zero-order valence-electron chi connectivity index (χ0n) is 29.6. The summed E-state index contributed by atoms with van der Waals surface area (Å²) < 4.78 is 15.2. The number of amides is 3. The van der Waals surface area contributed by atoms with Crippen LogP contribution in [0.25, 0.3) is 5.57 Å². The maximum Gasteiger partial charge on any atom is 0.254 e. The first-order valence-corrected chi connectivity index (χ1v) is 17.4. The quantitative estimate of drug-likeness (QED) is 0.0888. The molecule has 0 bridgehead atoms. The molecule has 0 saturated heterocycles. The van der Waals surface area contributed by atoms with Crippen LogP contribution in [0, 0.1) is 24.1 Å². The number of rotatable bonds is 16. The van der Waals surface area contributed by atoms with Gasteiger partial charge in [0.25, 0.3) is 5.91 Å². The van der Waals surface area contributed by atoms with Gasteiger partial charge in [-0.2, -0.15) is 5.26 Å². The van der Waals surface area contributed by atoms with Crippen LogP contribution in [-0.4, -0.2) is 48.0 Å². The molecule has 0 radical (unpaired) electrons. The number of benzene rings is 3. The highest BCUT2D eigenvalue weighted by Gasteiger charge is 2.44. The summed E-state index contributed by atoms with van der Waals surface area (Å²) in [4.78, 5) is 51.6. The molecule has 4 N–H and O–H groups in total. The average Bonchev–Trinajstić information content (AvgIpc) is 3.84. The second-order valence-electron chi connectivity index (χ2n) is 13.6. The van der Waals surface area contributed by atoms with Crippen LogP contribution in [0.15, 0.2) is 60.3 Å². The number of nitriles is 1. The summed E-state index contributed by atoms with van der Waals surface area (Å²) in [6, 6.07) is 19.2. The molecule has 0 aromatic heterocycles. The number of fused-ring (bicyclic) bond motifs is 1. The smallest absolute Gasteiger partial charge is 0.254 e. The summed E-state index contributed by atoms with van der Waals surface area (Å²) in [5.41, 5.74) is 12.7. The zero-order chi connectivity index (χ0) is 36.9. The van der Waals surface area contributed by atoms with Crippen LogP contribution < -0.4 is 21.3 Å². The van der Waals surface area contributed by atoms with Crippen molar-refractivity contribution in [1.82, 2.24) is 10.2 Å². The third-order valence-corrected chi connectivity index (χ3v) is 9.92. The third-order valence-electron chi connectivity index (χ3n) is 9.92. The zero-order valence-corrected chi connectivity index (χ0v) is 29.6. The minimum Gasteiger partial charge on any atom is -0.402 e. The van der Waals surface area contributed by atoms with Crippen LogP contribution in [0.2, 0.25) is 0 Å².